The van der Waals surface area contributed by atoms with Gasteiger partial charge in [-0.3, -0.25) is 9.59 Å². The standard InChI is InChI=1S/C16H21N3O3/c1-17(2)8-9-19-7-6-12-10-13(18(3)11-15(20)21)4-5-14(12)16(19)22/h4-7,10H,8-9,11H2,1-3H3,(H,20,21). The average molecular weight is 303 g/mol. The van der Waals surface area contributed by atoms with E-state index in [0.29, 0.717) is 11.9 Å². The normalized spacial score (nSPS) is 11.1. The zero-order valence-electron chi connectivity index (χ0n) is 13.1. The number of nitrogens with zero attached hydrogens (tertiary/aromatic N) is 3. The van der Waals surface area contributed by atoms with Gasteiger partial charge in [-0.15, -0.1) is 0 Å². The summed E-state index contributed by atoms with van der Waals surface area (Å²) in [7, 11) is 5.65. The Hall–Kier alpha value is -2.34. The third-order valence-corrected chi connectivity index (χ3v) is 3.56. The van der Waals surface area contributed by atoms with Gasteiger partial charge in [0, 0.05) is 37.4 Å². The summed E-state index contributed by atoms with van der Waals surface area (Å²) in [5, 5.41) is 10.3. The lowest BCUT2D eigenvalue weighted by Gasteiger charge is -2.17. The molecule has 118 valence electrons. The van der Waals surface area contributed by atoms with Crippen molar-refractivity contribution in [1.82, 2.24) is 9.47 Å². The lowest BCUT2D eigenvalue weighted by atomic mass is 10.1. The molecule has 0 aliphatic rings. The number of fused-ring (bicyclic) bond motifs is 1. The maximum atomic E-state index is 12.4. The molecule has 0 bridgehead atoms. The van der Waals surface area contributed by atoms with Crippen LogP contribution in [0, 0.1) is 0 Å². The number of hydrogen-bond donors (Lipinski definition) is 1. The first-order chi connectivity index (χ1) is 10.4. The van der Waals surface area contributed by atoms with Gasteiger partial charge in [0.25, 0.3) is 5.56 Å². The monoisotopic (exact) mass is 303 g/mol. The molecule has 0 aliphatic heterocycles. The summed E-state index contributed by atoms with van der Waals surface area (Å²) in [6.45, 7) is 1.36. The Balaban J connectivity index is 2.34. The van der Waals surface area contributed by atoms with Crippen molar-refractivity contribution in [3.8, 4) is 0 Å². The second-order valence-corrected chi connectivity index (χ2v) is 5.64. The molecule has 22 heavy (non-hydrogen) atoms. The molecular formula is C16H21N3O3. The first-order valence-corrected chi connectivity index (χ1v) is 7.09. The summed E-state index contributed by atoms with van der Waals surface area (Å²) in [6, 6.07) is 7.28. The van der Waals surface area contributed by atoms with Crippen LogP contribution < -0.4 is 10.5 Å². The molecule has 0 amide bonds. The van der Waals surface area contributed by atoms with Gasteiger partial charge in [-0.2, -0.15) is 0 Å². The molecule has 0 aliphatic carbocycles. The van der Waals surface area contributed by atoms with E-state index in [1.807, 2.05) is 31.1 Å². The Morgan fingerprint density at radius 1 is 1.23 bits per heavy atom. The summed E-state index contributed by atoms with van der Waals surface area (Å²) in [4.78, 5) is 26.9. The van der Waals surface area contributed by atoms with Crippen LogP contribution in [0.1, 0.15) is 0 Å². The maximum Gasteiger partial charge on any atom is 0.323 e. The van der Waals surface area contributed by atoms with Gasteiger partial charge in [0.05, 0.1) is 0 Å². The molecule has 1 N–H and O–H groups in total. The molecule has 0 saturated carbocycles. The van der Waals surface area contributed by atoms with E-state index in [0.717, 1.165) is 17.6 Å². The van der Waals surface area contributed by atoms with E-state index in [-0.39, 0.29) is 12.1 Å². The van der Waals surface area contributed by atoms with Crippen LogP contribution in [0.5, 0.6) is 0 Å². The third kappa shape index (κ3) is 3.65. The van der Waals surface area contributed by atoms with E-state index >= 15 is 0 Å². The first-order valence-electron chi connectivity index (χ1n) is 7.09. The highest BCUT2D eigenvalue weighted by Gasteiger charge is 2.08. The van der Waals surface area contributed by atoms with Crippen LogP contribution in [-0.2, 0) is 11.3 Å². The molecule has 0 atom stereocenters. The van der Waals surface area contributed by atoms with Gasteiger partial charge in [0.1, 0.15) is 6.54 Å². The topological polar surface area (TPSA) is 65.8 Å². The van der Waals surface area contributed by atoms with E-state index in [2.05, 4.69) is 0 Å². The lowest BCUT2D eigenvalue weighted by Crippen LogP contribution is -2.27. The minimum Gasteiger partial charge on any atom is -0.480 e. The average Bonchev–Trinajstić information content (AvgIpc) is 2.45. The van der Waals surface area contributed by atoms with E-state index in [4.69, 9.17) is 5.11 Å². The van der Waals surface area contributed by atoms with Crippen molar-refractivity contribution in [3.63, 3.8) is 0 Å². The van der Waals surface area contributed by atoms with E-state index in [1.165, 1.54) is 0 Å². The van der Waals surface area contributed by atoms with Gasteiger partial charge in [-0.1, -0.05) is 0 Å². The van der Waals surface area contributed by atoms with Gasteiger partial charge in [-0.05, 0) is 43.7 Å². The lowest BCUT2D eigenvalue weighted by molar-refractivity contribution is -0.135. The number of anilines is 1. The Morgan fingerprint density at radius 2 is 1.95 bits per heavy atom. The number of benzene rings is 1. The van der Waals surface area contributed by atoms with Crippen molar-refractivity contribution in [2.24, 2.45) is 0 Å². The fourth-order valence-electron chi connectivity index (χ4n) is 2.29. The summed E-state index contributed by atoms with van der Waals surface area (Å²) >= 11 is 0. The second-order valence-electron chi connectivity index (χ2n) is 5.64. The van der Waals surface area contributed by atoms with Gasteiger partial charge >= 0.3 is 5.97 Å². The number of carbonyl (C=O) groups is 1. The quantitative estimate of drug-likeness (QED) is 0.865. The van der Waals surface area contributed by atoms with Gasteiger partial charge in [-0.25, -0.2) is 0 Å². The predicted molar refractivity (Wildman–Crippen MR) is 87.7 cm³/mol. The molecule has 6 nitrogen and oxygen atoms in total. The van der Waals surface area contributed by atoms with Crippen molar-refractivity contribution in [3.05, 3.63) is 40.8 Å². The highest BCUT2D eigenvalue weighted by molar-refractivity contribution is 5.85. The Labute approximate surface area is 129 Å². The Kier molecular flexibility index (Phi) is 4.82. The van der Waals surface area contributed by atoms with Gasteiger partial charge in [0.2, 0.25) is 0 Å². The molecule has 0 fully saturated rings. The highest BCUT2D eigenvalue weighted by Crippen LogP contribution is 2.19. The molecule has 6 heteroatoms. The SMILES string of the molecule is CN(C)CCn1ccc2cc(N(C)CC(=O)O)ccc2c1=O. The van der Waals surface area contributed by atoms with E-state index < -0.39 is 5.97 Å². The van der Waals surface area contributed by atoms with Gasteiger partial charge in [0.15, 0.2) is 0 Å². The second kappa shape index (κ2) is 6.62. The number of aromatic nitrogens is 1. The van der Waals surface area contributed by atoms with Crippen LogP contribution in [-0.4, -0.2) is 54.8 Å². The minimum atomic E-state index is -0.887. The predicted octanol–water partition coefficient (Wildman–Crippen LogP) is 1.08. The van der Waals surface area contributed by atoms with E-state index in [9.17, 15) is 9.59 Å². The first kappa shape index (κ1) is 16.0. The minimum absolute atomic E-state index is 0.0215. The number of carboxylic acids is 1. The van der Waals surface area contributed by atoms with Crippen molar-refractivity contribution in [2.75, 3.05) is 39.1 Å². The van der Waals surface area contributed by atoms with Crippen molar-refractivity contribution in [2.45, 2.75) is 6.54 Å². The molecule has 1 aromatic carbocycles. The largest absolute Gasteiger partial charge is 0.480 e. The van der Waals surface area contributed by atoms with Crippen LogP contribution in [0.15, 0.2) is 35.3 Å². The molecule has 0 unspecified atom stereocenters. The molecular weight excluding hydrogens is 282 g/mol. The number of carboxylic acid groups (broad SMARTS) is 1. The smallest absolute Gasteiger partial charge is 0.323 e. The summed E-state index contributed by atoms with van der Waals surface area (Å²) in [6.07, 6.45) is 1.79. The maximum absolute atomic E-state index is 12.4. The number of aliphatic carboxylic acids is 1. The van der Waals surface area contributed by atoms with Crippen LogP contribution >= 0.6 is 0 Å². The molecule has 2 rings (SSSR count). The number of likely N-dealkylation sites (N-methyl/N-ethyl adjacent to an activating group) is 2. The summed E-state index contributed by atoms with van der Waals surface area (Å²) in [5.74, 6) is -0.887. The molecule has 0 radical (unpaired) electrons. The molecule has 2 aromatic rings. The Morgan fingerprint density at radius 3 is 2.59 bits per heavy atom. The van der Waals surface area contributed by atoms with Crippen LogP contribution in [0.2, 0.25) is 0 Å². The summed E-state index contributed by atoms with van der Waals surface area (Å²) in [5.41, 5.74) is 0.757. The van der Waals surface area contributed by atoms with Crippen molar-refractivity contribution < 1.29 is 9.90 Å². The fraction of sp³-hybridized carbons (Fsp3) is 0.375. The molecule has 1 heterocycles. The van der Waals surface area contributed by atoms with Crippen molar-refractivity contribution in [1.29, 1.82) is 0 Å². The fourth-order valence-corrected chi connectivity index (χ4v) is 2.29. The molecule has 1 aromatic heterocycles. The molecule has 0 spiro atoms. The van der Waals surface area contributed by atoms with E-state index in [1.54, 1.807) is 34.8 Å². The van der Waals surface area contributed by atoms with Gasteiger partial charge < -0.3 is 19.5 Å². The van der Waals surface area contributed by atoms with Crippen LogP contribution in [0.25, 0.3) is 10.8 Å². The van der Waals surface area contributed by atoms with Crippen LogP contribution in [0.4, 0.5) is 5.69 Å². The highest BCUT2D eigenvalue weighted by atomic mass is 16.4. The third-order valence-electron chi connectivity index (χ3n) is 3.56. The molecule has 0 saturated heterocycles. The van der Waals surface area contributed by atoms with Crippen LogP contribution in [0.3, 0.4) is 0 Å². The Bertz CT molecular complexity index is 737. The number of hydrogen-bond acceptors (Lipinski definition) is 4. The number of pyridine rings is 1. The zero-order valence-corrected chi connectivity index (χ0v) is 13.1. The van der Waals surface area contributed by atoms with Crippen molar-refractivity contribution >= 4 is 22.4 Å². The number of rotatable bonds is 6. The zero-order chi connectivity index (χ0) is 16.3. The summed E-state index contributed by atoms with van der Waals surface area (Å²) < 4.78 is 1.70.